The summed E-state index contributed by atoms with van der Waals surface area (Å²) in [5, 5.41) is 16.4. The minimum atomic E-state index is -1.38. The zero-order chi connectivity index (χ0) is 24.5. The molecule has 1 N–H and O–H groups in total. The molecule has 0 radical (unpaired) electrons. The molecule has 2 aromatic carbocycles. The van der Waals surface area contributed by atoms with Gasteiger partial charge in [-0.2, -0.15) is 0 Å². The highest BCUT2D eigenvalue weighted by Crippen LogP contribution is 2.43. The molecule has 2 atom stereocenters. The number of alkyl halides is 1. The third-order valence-corrected chi connectivity index (χ3v) is 6.50. The standard InChI is InChI=1S/C25H22Cl2F2N4O2/c1-13(28)21-11-19(24-30-17(12-34-33-24)9-15-7-8-16(26)10-20(15)27)25(32-31-21)35-22-4-2-3-18(23(22)29)14-5-6-14/h2-4,7-8,10-11,13-14,17H,5-6,9,12H2,1H3,(H,30,33)/t13-,17?/m1/s1. The molecule has 5 rings (SSSR count). The summed E-state index contributed by atoms with van der Waals surface area (Å²) in [5.41, 5.74) is 1.89. The van der Waals surface area contributed by atoms with Crippen LogP contribution in [0, 0.1) is 5.82 Å². The fourth-order valence-corrected chi connectivity index (χ4v) is 4.38. The Morgan fingerprint density at radius 1 is 1.17 bits per heavy atom. The van der Waals surface area contributed by atoms with Crippen molar-refractivity contribution in [3.8, 4) is 11.6 Å². The summed E-state index contributed by atoms with van der Waals surface area (Å²) in [5.74, 6) is 0.0545. The van der Waals surface area contributed by atoms with Crippen LogP contribution >= 0.6 is 23.2 Å². The largest absolute Gasteiger partial charge is 0.434 e. The molecule has 1 saturated carbocycles. The maximum atomic E-state index is 15.1. The lowest BCUT2D eigenvalue weighted by molar-refractivity contribution is 0.109. The number of nitrogens with zero attached hydrogens (tertiary/aromatic N) is 3. The second kappa shape index (κ2) is 9.95. The number of halogens is 4. The molecule has 35 heavy (non-hydrogen) atoms. The average molecular weight is 519 g/mol. The molecular formula is C25H22Cl2F2N4O2. The van der Waals surface area contributed by atoms with E-state index in [-0.39, 0.29) is 41.7 Å². The van der Waals surface area contributed by atoms with Crippen LogP contribution in [0.1, 0.15) is 54.2 Å². The first-order valence-corrected chi connectivity index (χ1v) is 12.0. The quantitative estimate of drug-likeness (QED) is 0.385. The van der Waals surface area contributed by atoms with Crippen LogP contribution in [0.25, 0.3) is 0 Å². The van der Waals surface area contributed by atoms with Gasteiger partial charge in [-0.25, -0.2) is 8.78 Å². The zero-order valence-corrected chi connectivity index (χ0v) is 20.3. The van der Waals surface area contributed by atoms with Crippen molar-refractivity contribution in [2.75, 3.05) is 6.61 Å². The van der Waals surface area contributed by atoms with Crippen molar-refractivity contribution >= 4 is 29.0 Å². The van der Waals surface area contributed by atoms with Gasteiger partial charge in [0, 0.05) is 10.0 Å². The zero-order valence-electron chi connectivity index (χ0n) is 18.8. The first kappa shape index (κ1) is 23.8. The van der Waals surface area contributed by atoms with E-state index in [1.54, 1.807) is 24.3 Å². The highest BCUT2D eigenvalue weighted by Gasteiger charge is 2.29. The molecule has 1 aliphatic carbocycles. The number of nitrogens with one attached hydrogen (secondary N) is 1. The first-order chi connectivity index (χ1) is 16.9. The third-order valence-electron chi connectivity index (χ3n) is 5.91. The van der Waals surface area contributed by atoms with Crippen LogP contribution in [-0.2, 0) is 11.3 Å². The van der Waals surface area contributed by atoms with Gasteiger partial charge in [0.25, 0.3) is 0 Å². The van der Waals surface area contributed by atoms with Crippen molar-refractivity contribution in [1.29, 1.82) is 0 Å². The molecule has 1 unspecified atom stereocenters. The molecule has 0 bridgehead atoms. The van der Waals surface area contributed by atoms with Crippen molar-refractivity contribution in [3.63, 3.8) is 0 Å². The summed E-state index contributed by atoms with van der Waals surface area (Å²) in [7, 11) is 0. The number of aromatic nitrogens is 2. The molecule has 182 valence electrons. The van der Waals surface area contributed by atoms with E-state index in [0.29, 0.717) is 27.6 Å². The van der Waals surface area contributed by atoms with Gasteiger partial charge in [-0.3, -0.25) is 0 Å². The summed E-state index contributed by atoms with van der Waals surface area (Å²) in [6.07, 6.45) is 1.05. The van der Waals surface area contributed by atoms with Crippen LogP contribution in [0.5, 0.6) is 11.6 Å². The summed E-state index contributed by atoms with van der Waals surface area (Å²) < 4.78 is 35.0. The minimum Gasteiger partial charge on any atom is -0.434 e. The Morgan fingerprint density at radius 2 is 2.00 bits per heavy atom. The van der Waals surface area contributed by atoms with Crippen LogP contribution in [-0.4, -0.2) is 28.7 Å². The van der Waals surface area contributed by atoms with Gasteiger partial charge in [-0.05, 0) is 67.5 Å². The lowest BCUT2D eigenvalue weighted by Crippen LogP contribution is -2.43. The Morgan fingerprint density at radius 3 is 2.74 bits per heavy atom. The van der Waals surface area contributed by atoms with Crippen LogP contribution < -0.4 is 10.1 Å². The van der Waals surface area contributed by atoms with Gasteiger partial charge in [0.05, 0.1) is 17.3 Å². The van der Waals surface area contributed by atoms with Crippen LogP contribution in [0.2, 0.25) is 10.0 Å². The lowest BCUT2D eigenvalue weighted by atomic mass is 10.1. The highest BCUT2D eigenvalue weighted by molar-refractivity contribution is 6.35. The summed E-state index contributed by atoms with van der Waals surface area (Å²) in [6, 6.07) is 11.6. The number of rotatable bonds is 7. The molecule has 0 spiro atoms. The second-order valence-corrected chi connectivity index (χ2v) is 9.50. The van der Waals surface area contributed by atoms with Gasteiger partial charge in [-0.1, -0.05) is 46.6 Å². The third kappa shape index (κ3) is 5.33. The van der Waals surface area contributed by atoms with E-state index in [9.17, 15) is 4.39 Å². The maximum absolute atomic E-state index is 15.1. The number of hydrogen-bond acceptors (Lipinski definition) is 6. The van der Waals surface area contributed by atoms with Crippen molar-refractivity contribution in [3.05, 3.63) is 80.7 Å². The van der Waals surface area contributed by atoms with Gasteiger partial charge >= 0.3 is 0 Å². The Bertz CT molecular complexity index is 1280. The number of oxime groups is 1. The molecule has 10 heteroatoms. The van der Waals surface area contributed by atoms with Crippen LogP contribution in [0.15, 0.2) is 47.6 Å². The Hall–Kier alpha value is -2.97. The summed E-state index contributed by atoms with van der Waals surface area (Å²) >= 11 is 12.3. The average Bonchev–Trinajstić information content (AvgIpc) is 3.68. The van der Waals surface area contributed by atoms with Crippen LogP contribution in [0.4, 0.5) is 8.78 Å². The monoisotopic (exact) mass is 518 g/mol. The van der Waals surface area contributed by atoms with E-state index in [4.69, 9.17) is 32.8 Å². The van der Waals surface area contributed by atoms with Crippen molar-refractivity contribution in [1.82, 2.24) is 15.5 Å². The summed E-state index contributed by atoms with van der Waals surface area (Å²) in [4.78, 5) is 5.46. The Labute approximate surface area is 211 Å². The topological polar surface area (TPSA) is 68.6 Å². The maximum Gasteiger partial charge on any atom is 0.250 e. The molecule has 2 aliphatic rings. The van der Waals surface area contributed by atoms with Gasteiger partial charge in [0.1, 0.15) is 12.8 Å². The smallest absolute Gasteiger partial charge is 0.250 e. The lowest BCUT2D eigenvalue weighted by Gasteiger charge is -2.25. The fraction of sp³-hybridized carbons (Fsp3) is 0.320. The number of hydrogen-bond donors (Lipinski definition) is 1. The first-order valence-electron chi connectivity index (χ1n) is 11.3. The van der Waals surface area contributed by atoms with Crippen molar-refractivity contribution < 1.29 is 18.4 Å². The molecular weight excluding hydrogens is 497 g/mol. The van der Waals surface area contributed by atoms with E-state index >= 15 is 4.39 Å². The van der Waals surface area contributed by atoms with Gasteiger partial charge < -0.3 is 14.9 Å². The Balaban J connectivity index is 1.43. The van der Waals surface area contributed by atoms with Gasteiger partial charge in [-0.15, -0.1) is 10.2 Å². The molecule has 1 aromatic heterocycles. The summed E-state index contributed by atoms with van der Waals surface area (Å²) in [6.45, 7) is 1.63. The molecule has 1 fully saturated rings. The van der Waals surface area contributed by atoms with E-state index in [2.05, 4.69) is 20.7 Å². The molecule has 2 heterocycles. The molecule has 3 aromatic rings. The van der Waals surface area contributed by atoms with Gasteiger partial charge in [0.2, 0.25) is 5.88 Å². The predicted molar refractivity (Wildman–Crippen MR) is 130 cm³/mol. The predicted octanol–water partition coefficient (Wildman–Crippen LogP) is 6.52. The Kier molecular flexibility index (Phi) is 6.75. The number of benzene rings is 2. The fourth-order valence-electron chi connectivity index (χ4n) is 3.90. The van der Waals surface area contributed by atoms with Crippen LogP contribution in [0.3, 0.4) is 0 Å². The normalized spacial score (nSPS) is 18.3. The van der Waals surface area contributed by atoms with E-state index in [1.807, 2.05) is 6.07 Å². The number of ether oxygens (including phenoxy) is 1. The SMILES string of the molecule is C[C@@H](F)c1cc(C2=NOCC(Cc3ccc(Cl)cc3Cl)N2)c(Oc2cccc(C3CC3)c2F)nn1. The van der Waals surface area contributed by atoms with Crippen molar-refractivity contribution in [2.24, 2.45) is 5.16 Å². The minimum absolute atomic E-state index is 0.0127. The van der Waals surface area contributed by atoms with Gasteiger partial charge in [0.15, 0.2) is 17.4 Å². The highest BCUT2D eigenvalue weighted by atomic mass is 35.5. The van der Waals surface area contributed by atoms with Crippen molar-refractivity contribution in [2.45, 2.75) is 44.3 Å². The molecule has 0 amide bonds. The van der Waals surface area contributed by atoms with E-state index < -0.39 is 12.0 Å². The van der Waals surface area contributed by atoms with E-state index in [0.717, 1.165) is 18.4 Å². The van der Waals surface area contributed by atoms with E-state index in [1.165, 1.54) is 19.1 Å². The number of amidine groups is 1. The molecule has 1 aliphatic heterocycles. The molecule has 0 saturated heterocycles. The second-order valence-electron chi connectivity index (χ2n) is 8.66. The molecule has 6 nitrogen and oxygen atoms in total.